The smallest absolute Gasteiger partial charge is 0.271 e. The second-order valence-electron chi connectivity index (χ2n) is 3.15. The minimum absolute atomic E-state index is 0.124. The van der Waals surface area contributed by atoms with Gasteiger partial charge >= 0.3 is 0 Å². The van der Waals surface area contributed by atoms with Crippen molar-refractivity contribution < 1.29 is 4.79 Å². The fraction of sp³-hybridized carbons (Fsp3) is 0.200. The van der Waals surface area contributed by atoms with E-state index in [0.29, 0.717) is 12.2 Å². The van der Waals surface area contributed by atoms with Gasteiger partial charge in [0.2, 0.25) is 0 Å². The third-order valence-electron chi connectivity index (χ3n) is 1.97. The molecule has 0 aliphatic carbocycles. The molecular formula is C10H11N3OS. The molecule has 0 radical (unpaired) electrons. The Morgan fingerprint density at radius 2 is 2.53 bits per heavy atom. The highest BCUT2D eigenvalue weighted by Gasteiger charge is 2.08. The Kier molecular flexibility index (Phi) is 2.82. The van der Waals surface area contributed by atoms with Crippen molar-refractivity contribution >= 4 is 17.2 Å². The molecule has 0 bridgehead atoms. The summed E-state index contributed by atoms with van der Waals surface area (Å²) in [5, 5.41) is 5.47. The Balaban J connectivity index is 1.93. The Bertz CT molecular complexity index is 447. The van der Waals surface area contributed by atoms with Gasteiger partial charge in [-0.05, 0) is 18.6 Å². The largest absolute Gasteiger partial charge is 0.367 e. The van der Waals surface area contributed by atoms with Gasteiger partial charge in [-0.1, -0.05) is 0 Å². The van der Waals surface area contributed by atoms with Crippen LogP contribution in [0.5, 0.6) is 0 Å². The molecule has 2 N–H and O–H groups in total. The van der Waals surface area contributed by atoms with Crippen molar-refractivity contribution in [2.24, 2.45) is 0 Å². The monoisotopic (exact) mass is 221 g/mol. The van der Waals surface area contributed by atoms with Crippen LogP contribution in [-0.4, -0.2) is 15.9 Å². The fourth-order valence-corrected chi connectivity index (χ4v) is 1.80. The number of hydrogen-bond donors (Lipinski definition) is 2. The third-order valence-corrected chi connectivity index (χ3v) is 2.74. The molecule has 0 aromatic carbocycles. The molecule has 0 aliphatic heterocycles. The molecule has 15 heavy (non-hydrogen) atoms. The molecule has 0 fully saturated rings. The molecule has 1 amide bonds. The van der Waals surface area contributed by atoms with Crippen molar-refractivity contribution in [1.29, 1.82) is 0 Å². The minimum atomic E-state index is -0.124. The Morgan fingerprint density at radius 3 is 3.13 bits per heavy atom. The summed E-state index contributed by atoms with van der Waals surface area (Å²) in [6, 6.07) is 1.92. The van der Waals surface area contributed by atoms with E-state index < -0.39 is 0 Å². The van der Waals surface area contributed by atoms with E-state index in [1.165, 1.54) is 11.3 Å². The number of rotatable bonds is 3. The molecular weight excluding hydrogens is 210 g/mol. The molecule has 2 heterocycles. The van der Waals surface area contributed by atoms with Gasteiger partial charge in [-0.3, -0.25) is 4.79 Å². The van der Waals surface area contributed by atoms with E-state index >= 15 is 0 Å². The molecule has 4 nitrogen and oxygen atoms in total. The first-order valence-electron chi connectivity index (χ1n) is 4.57. The maximum atomic E-state index is 11.6. The number of H-pyrrole nitrogens is 1. The van der Waals surface area contributed by atoms with Gasteiger partial charge < -0.3 is 10.3 Å². The van der Waals surface area contributed by atoms with E-state index in [-0.39, 0.29) is 5.91 Å². The van der Waals surface area contributed by atoms with Gasteiger partial charge in [-0.15, -0.1) is 11.3 Å². The Labute approximate surface area is 91.4 Å². The average Bonchev–Trinajstić information content (AvgIpc) is 2.84. The molecule has 0 unspecified atom stereocenters. The van der Waals surface area contributed by atoms with Crippen molar-refractivity contribution in [2.75, 3.05) is 0 Å². The van der Waals surface area contributed by atoms with Crippen molar-refractivity contribution in [3.05, 3.63) is 40.1 Å². The topological polar surface area (TPSA) is 57.8 Å². The third kappa shape index (κ3) is 2.44. The van der Waals surface area contributed by atoms with Gasteiger partial charge in [0, 0.05) is 24.3 Å². The molecule has 5 heteroatoms. The van der Waals surface area contributed by atoms with Crippen LogP contribution in [0.3, 0.4) is 0 Å². The predicted molar refractivity (Wildman–Crippen MR) is 58.8 cm³/mol. The zero-order valence-corrected chi connectivity index (χ0v) is 9.10. The van der Waals surface area contributed by atoms with Crippen LogP contribution in [0.1, 0.15) is 21.1 Å². The summed E-state index contributed by atoms with van der Waals surface area (Å²) >= 11 is 1.48. The highest BCUT2D eigenvalue weighted by molar-refractivity contribution is 7.09. The van der Waals surface area contributed by atoms with Crippen molar-refractivity contribution in [1.82, 2.24) is 15.3 Å². The fourth-order valence-electron chi connectivity index (χ4n) is 1.21. The molecule has 2 aromatic rings. The van der Waals surface area contributed by atoms with E-state index in [0.717, 1.165) is 10.6 Å². The summed E-state index contributed by atoms with van der Waals surface area (Å²) in [7, 11) is 0. The van der Waals surface area contributed by atoms with E-state index in [9.17, 15) is 4.79 Å². The maximum Gasteiger partial charge on any atom is 0.271 e. The van der Waals surface area contributed by atoms with Crippen LogP contribution >= 0.6 is 11.3 Å². The van der Waals surface area contributed by atoms with E-state index in [1.807, 2.05) is 25.4 Å². The lowest BCUT2D eigenvalue weighted by Crippen LogP contribution is -2.22. The van der Waals surface area contributed by atoms with E-state index in [2.05, 4.69) is 15.3 Å². The number of hydrogen-bond acceptors (Lipinski definition) is 3. The predicted octanol–water partition coefficient (Wildman–Crippen LogP) is 1.71. The molecule has 0 atom stereocenters. The number of nitrogens with one attached hydrogen (secondary N) is 2. The number of amides is 1. The van der Waals surface area contributed by atoms with Crippen LogP contribution in [0.25, 0.3) is 0 Å². The van der Waals surface area contributed by atoms with Gasteiger partial charge in [0.1, 0.15) is 5.69 Å². The molecule has 78 valence electrons. The standard InChI is InChI=1S/C10H11N3OS/c1-7-13-9(6-15-7)10(14)12-5-8-2-3-11-4-8/h2-4,6,11H,5H2,1H3,(H,12,14). The van der Waals surface area contributed by atoms with Crippen molar-refractivity contribution in [3.8, 4) is 0 Å². The molecule has 0 spiro atoms. The number of thiazole rings is 1. The normalized spacial score (nSPS) is 10.2. The molecule has 0 saturated heterocycles. The van der Waals surface area contributed by atoms with Gasteiger partial charge in [0.25, 0.3) is 5.91 Å². The Hall–Kier alpha value is -1.62. The zero-order valence-electron chi connectivity index (χ0n) is 8.28. The average molecular weight is 221 g/mol. The number of carbonyl (C=O) groups is 1. The van der Waals surface area contributed by atoms with Crippen LogP contribution in [0.4, 0.5) is 0 Å². The molecule has 2 aromatic heterocycles. The Morgan fingerprint density at radius 1 is 1.67 bits per heavy atom. The lowest BCUT2D eigenvalue weighted by molar-refractivity contribution is 0.0946. The zero-order chi connectivity index (χ0) is 10.7. The summed E-state index contributed by atoms with van der Waals surface area (Å²) in [6.07, 6.45) is 3.68. The van der Waals surface area contributed by atoms with Crippen molar-refractivity contribution in [2.45, 2.75) is 13.5 Å². The van der Waals surface area contributed by atoms with E-state index in [1.54, 1.807) is 5.38 Å². The summed E-state index contributed by atoms with van der Waals surface area (Å²) in [5.41, 5.74) is 1.54. The van der Waals surface area contributed by atoms with Gasteiger partial charge in [0.15, 0.2) is 0 Å². The number of aryl methyl sites for hydroxylation is 1. The summed E-state index contributed by atoms with van der Waals surface area (Å²) in [6.45, 7) is 2.41. The minimum Gasteiger partial charge on any atom is -0.367 e. The first-order valence-corrected chi connectivity index (χ1v) is 5.45. The summed E-state index contributed by atoms with van der Waals surface area (Å²) in [5.74, 6) is -0.124. The first kappa shape index (κ1) is 9.92. The number of aromatic nitrogens is 2. The highest BCUT2D eigenvalue weighted by Crippen LogP contribution is 2.07. The van der Waals surface area contributed by atoms with Crippen LogP contribution < -0.4 is 5.32 Å². The van der Waals surface area contributed by atoms with E-state index in [4.69, 9.17) is 0 Å². The van der Waals surface area contributed by atoms with Gasteiger partial charge in [-0.2, -0.15) is 0 Å². The molecule has 2 rings (SSSR count). The number of carbonyl (C=O) groups excluding carboxylic acids is 1. The second-order valence-corrected chi connectivity index (χ2v) is 4.22. The van der Waals surface area contributed by atoms with Crippen LogP contribution in [0, 0.1) is 6.92 Å². The molecule has 0 saturated carbocycles. The quantitative estimate of drug-likeness (QED) is 0.829. The SMILES string of the molecule is Cc1nc(C(=O)NCc2cc[nH]c2)cs1. The first-order chi connectivity index (χ1) is 7.25. The van der Waals surface area contributed by atoms with Gasteiger partial charge in [-0.25, -0.2) is 4.98 Å². The van der Waals surface area contributed by atoms with Crippen LogP contribution in [0.15, 0.2) is 23.8 Å². The van der Waals surface area contributed by atoms with Crippen LogP contribution in [-0.2, 0) is 6.54 Å². The number of nitrogens with zero attached hydrogens (tertiary/aromatic N) is 1. The highest BCUT2D eigenvalue weighted by atomic mass is 32.1. The molecule has 0 aliphatic rings. The van der Waals surface area contributed by atoms with Gasteiger partial charge in [0.05, 0.1) is 5.01 Å². The van der Waals surface area contributed by atoms with Crippen LogP contribution in [0.2, 0.25) is 0 Å². The summed E-state index contributed by atoms with van der Waals surface area (Å²) in [4.78, 5) is 18.6. The number of aromatic amines is 1. The lowest BCUT2D eigenvalue weighted by atomic mass is 10.3. The summed E-state index contributed by atoms with van der Waals surface area (Å²) < 4.78 is 0. The van der Waals surface area contributed by atoms with Crippen molar-refractivity contribution in [3.63, 3.8) is 0 Å². The second kappa shape index (κ2) is 4.27. The maximum absolute atomic E-state index is 11.6. The lowest BCUT2D eigenvalue weighted by Gasteiger charge is -2.00.